The van der Waals surface area contributed by atoms with E-state index < -0.39 is 21.5 Å². The first-order valence-electron chi connectivity index (χ1n) is 14.7. The first kappa shape index (κ1) is 31.0. The molecule has 234 valence electrons. The number of carbonyl (C=O) groups excluding carboxylic acids is 1. The Balaban J connectivity index is 1.67. The Morgan fingerprint density at radius 3 is 2.42 bits per heavy atom. The minimum atomic E-state index is -4.38. The van der Waals surface area contributed by atoms with Crippen molar-refractivity contribution in [2.75, 3.05) is 39.2 Å². The highest BCUT2D eigenvalue weighted by atomic mass is 35.5. The third-order valence-electron chi connectivity index (χ3n) is 8.52. The standard InChI is InChI=1S/C34H35ClN4O5S/c1-37(2)22-23-10-17-32(44-4)28(20-23)34(38-19-7-9-31(38)29-8-5-6-18-36-29)27-21-24(35)11-16-30(27)39(33(34)40)45(41,42)26-14-12-25(43-3)13-15-26/h5-6,8,10-18,20-21,31H,7,9,19,22H2,1-4H3. The van der Waals surface area contributed by atoms with Crippen LogP contribution in [0.3, 0.4) is 0 Å². The van der Waals surface area contributed by atoms with Crippen LogP contribution in [0.1, 0.15) is 41.3 Å². The van der Waals surface area contributed by atoms with Gasteiger partial charge in [-0.25, -0.2) is 12.7 Å². The number of rotatable bonds is 9. The third-order valence-corrected chi connectivity index (χ3v) is 10.5. The molecule has 1 fully saturated rings. The zero-order valence-corrected chi connectivity index (χ0v) is 27.2. The van der Waals surface area contributed by atoms with Crippen molar-refractivity contribution in [2.24, 2.45) is 0 Å². The number of anilines is 1. The number of ether oxygens (including phenoxy) is 2. The maximum absolute atomic E-state index is 15.5. The van der Waals surface area contributed by atoms with Crippen molar-refractivity contribution >= 4 is 33.2 Å². The van der Waals surface area contributed by atoms with Gasteiger partial charge in [0.15, 0.2) is 5.54 Å². The summed E-state index contributed by atoms with van der Waals surface area (Å²) in [6, 6.07) is 22.2. The van der Waals surface area contributed by atoms with Gasteiger partial charge < -0.3 is 14.4 Å². The van der Waals surface area contributed by atoms with Crippen molar-refractivity contribution in [1.82, 2.24) is 14.8 Å². The summed E-state index contributed by atoms with van der Waals surface area (Å²) in [4.78, 5) is 24.2. The molecular formula is C34H35ClN4O5S. The number of aromatic nitrogens is 1. The van der Waals surface area contributed by atoms with Gasteiger partial charge in [0.1, 0.15) is 11.5 Å². The highest BCUT2D eigenvalue weighted by Crippen LogP contribution is 2.56. The summed E-state index contributed by atoms with van der Waals surface area (Å²) in [5, 5.41) is 0.381. The first-order chi connectivity index (χ1) is 21.6. The van der Waals surface area contributed by atoms with Crippen LogP contribution in [-0.4, -0.2) is 64.0 Å². The second kappa shape index (κ2) is 12.1. The Morgan fingerprint density at radius 2 is 1.76 bits per heavy atom. The third kappa shape index (κ3) is 5.15. The van der Waals surface area contributed by atoms with E-state index in [2.05, 4.69) is 9.88 Å². The number of amides is 1. The van der Waals surface area contributed by atoms with E-state index in [1.54, 1.807) is 43.6 Å². The number of fused-ring (bicyclic) bond motifs is 1. The molecule has 6 rings (SSSR count). The molecule has 2 unspecified atom stereocenters. The van der Waals surface area contributed by atoms with Gasteiger partial charge in [-0.1, -0.05) is 23.7 Å². The SMILES string of the molecule is COc1ccc(S(=O)(=O)N2C(=O)C(c3cc(CN(C)C)ccc3OC)(N3CCCC3c3ccccn3)c3cc(Cl)ccc32)cc1. The van der Waals surface area contributed by atoms with E-state index in [1.807, 2.05) is 55.4 Å². The molecule has 2 aliphatic rings. The summed E-state index contributed by atoms with van der Waals surface area (Å²) < 4.78 is 41.2. The van der Waals surface area contributed by atoms with Crippen molar-refractivity contribution in [1.29, 1.82) is 0 Å². The molecule has 0 bridgehead atoms. The summed E-state index contributed by atoms with van der Waals surface area (Å²) >= 11 is 6.67. The second-order valence-corrected chi connectivity index (χ2v) is 13.7. The number of nitrogens with zero attached hydrogens (tertiary/aromatic N) is 4. The fraction of sp³-hybridized carbons (Fsp3) is 0.294. The van der Waals surface area contributed by atoms with Crippen LogP contribution < -0.4 is 13.8 Å². The van der Waals surface area contributed by atoms with Crippen molar-refractivity contribution in [3.05, 3.63) is 112 Å². The second-order valence-electron chi connectivity index (χ2n) is 11.5. The summed E-state index contributed by atoms with van der Waals surface area (Å²) in [5.41, 5.74) is 1.40. The largest absolute Gasteiger partial charge is 0.497 e. The number of halogens is 1. The molecule has 0 saturated carbocycles. The Morgan fingerprint density at radius 1 is 0.978 bits per heavy atom. The number of benzene rings is 3. The predicted molar refractivity (Wildman–Crippen MR) is 173 cm³/mol. The molecule has 0 aliphatic carbocycles. The van der Waals surface area contributed by atoms with E-state index in [1.165, 1.54) is 19.2 Å². The molecule has 3 heterocycles. The summed E-state index contributed by atoms with van der Waals surface area (Å²) in [5.74, 6) is 0.340. The lowest BCUT2D eigenvalue weighted by molar-refractivity contribution is -0.127. The Bertz CT molecular complexity index is 1840. The van der Waals surface area contributed by atoms with E-state index in [-0.39, 0.29) is 16.6 Å². The van der Waals surface area contributed by atoms with Crippen molar-refractivity contribution in [2.45, 2.75) is 35.9 Å². The van der Waals surface area contributed by atoms with Crippen molar-refractivity contribution < 1.29 is 22.7 Å². The van der Waals surface area contributed by atoms with Crippen molar-refractivity contribution in [3.63, 3.8) is 0 Å². The van der Waals surface area contributed by atoms with Gasteiger partial charge in [0.05, 0.1) is 36.5 Å². The molecule has 0 N–H and O–H groups in total. The Labute approximate surface area is 269 Å². The van der Waals surface area contributed by atoms with Crippen LogP contribution in [0.25, 0.3) is 0 Å². The molecule has 2 atom stereocenters. The van der Waals surface area contributed by atoms with E-state index in [4.69, 9.17) is 21.1 Å². The molecule has 9 nitrogen and oxygen atoms in total. The zero-order valence-electron chi connectivity index (χ0n) is 25.6. The minimum absolute atomic E-state index is 0.0376. The lowest BCUT2D eigenvalue weighted by Crippen LogP contribution is -2.54. The first-order valence-corrected chi connectivity index (χ1v) is 16.5. The molecule has 2 aliphatic heterocycles. The fourth-order valence-electron chi connectivity index (χ4n) is 6.68. The number of sulfonamides is 1. The van der Waals surface area contributed by atoms with E-state index >= 15 is 4.79 Å². The van der Waals surface area contributed by atoms with Gasteiger partial charge in [0.25, 0.3) is 15.9 Å². The van der Waals surface area contributed by atoms with E-state index in [0.717, 1.165) is 28.4 Å². The molecule has 1 aromatic heterocycles. The monoisotopic (exact) mass is 646 g/mol. The maximum Gasteiger partial charge on any atom is 0.271 e. The van der Waals surface area contributed by atoms with E-state index in [9.17, 15) is 8.42 Å². The molecule has 4 aromatic rings. The van der Waals surface area contributed by atoms with Gasteiger partial charge in [-0.3, -0.25) is 14.7 Å². The van der Waals surface area contributed by atoms with Gasteiger partial charge in [0, 0.05) is 35.4 Å². The summed E-state index contributed by atoms with van der Waals surface area (Å²) in [7, 11) is 2.62. The average Bonchev–Trinajstić information content (AvgIpc) is 3.62. The minimum Gasteiger partial charge on any atom is -0.497 e. The predicted octanol–water partition coefficient (Wildman–Crippen LogP) is 5.63. The van der Waals surface area contributed by atoms with Gasteiger partial charge >= 0.3 is 0 Å². The van der Waals surface area contributed by atoms with Crippen LogP contribution in [0.2, 0.25) is 5.02 Å². The highest BCUT2D eigenvalue weighted by Gasteiger charge is 2.62. The number of carbonyl (C=O) groups is 1. The number of pyridine rings is 1. The van der Waals surface area contributed by atoms with Crippen LogP contribution >= 0.6 is 11.6 Å². The molecular weight excluding hydrogens is 612 g/mol. The molecule has 1 saturated heterocycles. The molecule has 0 radical (unpaired) electrons. The topological polar surface area (TPSA) is 92.3 Å². The smallest absolute Gasteiger partial charge is 0.271 e. The van der Waals surface area contributed by atoms with E-state index in [0.29, 0.717) is 40.7 Å². The molecule has 0 spiro atoms. The van der Waals surface area contributed by atoms with Crippen molar-refractivity contribution in [3.8, 4) is 11.5 Å². The van der Waals surface area contributed by atoms with Crippen LogP contribution in [0, 0.1) is 0 Å². The van der Waals surface area contributed by atoms with Crippen LogP contribution in [0.15, 0.2) is 90.0 Å². The number of hydrogen-bond acceptors (Lipinski definition) is 8. The lowest BCUT2D eigenvalue weighted by atomic mass is 9.80. The van der Waals surface area contributed by atoms with Crippen LogP contribution in [0.5, 0.6) is 11.5 Å². The fourth-order valence-corrected chi connectivity index (χ4v) is 8.31. The van der Waals surface area contributed by atoms with Crippen LogP contribution in [-0.2, 0) is 26.9 Å². The number of hydrogen-bond donors (Lipinski definition) is 0. The summed E-state index contributed by atoms with van der Waals surface area (Å²) in [6.45, 7) is 1.11. The number of likely N-dealkylation sites (tertiary alicyclic amines) is 1. The van der Waals surface area contributed by atoms with Gasteiger partial charge in [0.2, 0.25) is 0 Å². The maximum atomic E-state index is 15.5. The highest BCUT2D eigenvalue weighted by molar-refractivity contribution is 7.93. The normalized spacial score (nSPS) is 20.1. The lowest BCUT2D eigenvalue weighted by Gasteiger charge is -2.42. The number of methoxy groups -OCH3 is 2. The zero-order chi connectivity index (χ0) is 31.9. The summed E-state index contributed by atoms with van der Waals surface area (Å²) in [6.07, 6.45) is 3.24. The van der Waals surface area contributed by atoms with Crippen LogP contribution in [0.4, 0.5) is 5.69 Å². The molecule has 45 heavy (non-hydrogen) atoms. The Kier molecular flexibility index (Phi) is 8.34. The van der Waals surface area contributed by atoms with Gasteiger partial charge in [-0.05, 0) is 99.2 Å². The molecule has 11 heteroatoms. The van der Waals surface area contributed by atoms with Gasteiger partial charge in [-0.2, -0.15) is 0 Å². The Hall–Kier alpha value is -3.96. The average molecular weight is 647 g/mol. The molecule has 1 amide bonds. The molecule has 3 aromatic carbocycles. The quantitative estimate of drug-likeness (QED) is 0.231. The van der Waals surface area contributed by atoms with Gasteiger partial charge in [-0.15, -0.1) is 0 Å².